The minimum absolute atomic E-state index is 0.0100. The summed E-state index contributed by atoms with van der Waals surface area (Å²) in [7, 11) is 0. The monoisotopic (exact) mass is 406 g/mol. The van der Waals surface area contributed by atoms with Gasteiger partial charge in [0.2, 0.25) is 5.91 Å². The standard InChI is InChI=1S/C19H16F2N2O4S/c1-3-26-18(25)16-11(2)14(10-22)17(28-16)23-15(24)9-6-12-4-7-13(8-5-12)27-19(20)21/h4-9,19H,3H2,1-2H3,(H,23,24). The van der Waals surface area contributed by atoms with Crippen molar-refractivity contribution in [1.82, 2.24) is 0 Å². The zero-order chi connectivity index (χ0) is 20.7. The summed E-state index contributed by atoms with van der Waals surface area (Å²) in [4.78, 5) is 24.3. The molecule has 0 bridgehead atoms. The molecule has 1 aromatic heterocycles. The number of nitrogens with zero attached hydrogens (tertiary/aromatic N) is 1. The maximum Gasteiger partial charge on any atom is 0.387 e. The van der Waals surface area contributed by atoms with Crippen LogP contribution in [-0.4, -0.2) is 25.1 Å². The highest BCUT2D eigenvalue weighted by atomic mass is 32.1. The van der Waals surface area contributed by atoms with Gasteiger partial charge in [0.25, 0.3) is 0 Å². The van der Waals surface area contributed by atoms with Gasteiger partial charge < -0.3 is 14.8 Å². The van der Waals surface area contributed by atoms with Crippen molar-refractivity contribution in [2.75, 3.05) is 11.9 Å². The molecule has 6 nitrogen and oxygen atoms in total. The number of rotatable bonds is 7. The number of nitrogens with one attached hydrogen (secondary N) is 1. The molecule has 1 amide bonds. The fourth-order valence-corrected chi connectivity index (χ4v) is 3.27. The van der Waals surface area contributed by atoms with E-state index in [-0.39, 0.29) is 27.8 Å². The Labute approximate surface area is 164 Å². The van der Waals surface area contributed by atoms with Crippen LogP contribution in [0, 0.1) is 18.3 Å². The first-order chi connectivity index (χ1) is 13.3. The van der Waals surface area contributed by atoms with Crippen LogP contribution in [0.5, 0.6) is 5.75 Å². The lowest BCUT2D eigenvalue weighted by Crippen LogP contribution is -2.07. The van der Waals surface area contributed by atoms with Gasteiger partial charge in [0.15, 0.2) is 0 Å². The molecule has 28 heavy (non-hydrogen) atoms. The van der Waals surface area contributed by atoms with E-state index < -0.39 is 18.5 Å². The summed E-state index contributed by atoms with van der Waals surface area (Å²) in [6.07, 6.45) is 2.70. The predicted molar refractivity (Wildman–Crippen MR) is 100 cm³/mol. The molecule has 0 unspecified atom stereocenters. The maximum atomic E-state index is 12.1. The van der Waals surface area contributed by atoms with Crippen molar-refractivity contribution in [2.45, 2.75) is 20.5 Å². The van der Waals surface area contributed by atoms with Gasteiger partial charge in [-0.3, -0.25) is 4.79 Å². The number of ether oxygens (including phenoxy) is 2. The summed E-state index contributed by atoms with van der Waals surface area (Å²) in [6.45, 7) is 0.570. The van der Waals surface area contributed by atoms with Crippen molar-refractivity contribution in [2.24, 2.45) is 0 Å². The molecule has 0 saturated heterocycles. The number of hydrogen-bond donors (Lipinski definition) is 1. The lowest BCUT2D eigenvalue weighted by molar-refractivity contribution is -0.111. The number of esters is 1. The Hall–Kier alpha value is -3.25. The third-order valence-corrected chi connectivity index (χ3v) is 4.68. The van der Waals surface area contributed by atoms with Crippen LogP contribution in [-0.2, 0) is 9.53 Å². The fourth-order valence-electron chi connectivity index (χ4n) is 2.21. The van der Waals surface area contributed by atoms with E-state index in [1.54, 1.807) is 13.8 Å². The van der Waals surface area contributed by atoms with Crippen molar-refractivity contribution in [3.05, 3.63) is 51.9 Å². The van der Waals surface area contributed by atoms with E-state index in [1.807, 2.05) is 6.07 Å². The second kappa shape index (κ2) is 9.62. The normalized spacial score (nSPS) is 10.7. The van der Waals surface area contributed by atoms with Crippen molar-refractivity contribution in [3.63, 3.8) is 0 Å². The summed E-state index contributed by atoms with van der Waals surface area (Å²) in [5, 5.41) is 12.1. The van der Waals surface area contributed by atoms with Gasteiger partial charge in [-0.25, -0.2) is 4.79 Å². The fraction of sp³-hybridized carbons (Fsp3) is 0.211. The zero-order valence-electron chi connectivity index (χ0n) is 15.0. The molecule has 0 saturated carbocycles. The first-order valence-electron chi connectivity index (χ1n) is 8.10. The van der Waals surface area contributed by atoms with Crippen LogP contribution < -0.4 is 10.1 Å². The highest BCUT2D eigenvalue weighted by Crippen LogP contribution is 2.33. The Morgan fingerprint density at radius 3 is 2.57 bits per heavy atom. The second-order valence-electron chi connectivity index (χ2n) is 5.36. The molecule has 0 atom stereocenters. The van der Waals surface area contributed by atoms with E-state index in [9.17, 15) is 23.6 Å². The molecule has 2 aromatic rings. The molecule has 0 spiro atoms. The van der Waals surface area contributed by atoms with Crippen LogP contribution in [0.3, 0.4) is 0 Å². The Balaban J connectivity index is 2.10. The number of amides is 1. The topological polar surface area (TPSA) is 88.4 Å². The quantitative estimate of drug-likeness (QED) is 0.545. The minimum Gasteiger partial charge on any atom is -0.462 e. The third-order valence-electron chi connectivity index (χ3n) is 3.49. The molecule has 0 radical (unpaired) electrons. The van der Waals surface area contributed by atoms with Gasteiger partial charge in [-0.05, 0) is 43.2 Å². The van der Waals surface area contributed by atoms with Gasteiger partial charge in [0.1, 0.15) is 21.7 Å². The van der Waals surface area contributed by atoms with E-state index in [4.69, 9.17) is 4.74 Å². The molecule has 0 aliphatic rings. The van der Waals surface area contributed by atoms with Crippen molar-refractivity contribution in [1.29, 1.82) is 5.26 Å². The zero-order valence-corrected chi connectivity index (χ0v) is 15.8. The van der Waals surface area contributed by atoms with Crippen molar-refractivity contribution in [3.8, 4) is 11.8 Å². The Morgan fingerprint density at radius 1 is 1.32 bits per heavy atom. The van der Waals surface area contributed by atoms with E-state index in [2.05, 4.69) is 10.1 Å². The number of nitriles is 1. The van der Waals surface area contributed by atoms with Gasteiger partial charge in [-0.15, -0.1) is 11.3 Å². The number of alkyl halides is 2. The SMILES string of the molecule is CCOC(=O)c1sc(NC(=O)C=Cc2ccc(OC(F)F)cc2)c(C#N)c1C. The van der Waals surface area contributed by atoms with Crippen molar-refractivity contribution >= 4 is 34.3 Å². The van der Waals surface area contributed by atoms with Crippen LogP contribution in [0.4, 0.5) is 13.8 Å². The highest BCUT2D eigenvalue weighted by Gasteiger charge is 2.21. The first kappa shape index (κ1) is 21.1. The molecular formula is C19H16F2N2O4S. The van der Waals surface area contributed by atoms with Crippen LogP contribution in [0.15, 0.2) is 30.3 Å². The van der Waals surface area contributed by atoms with Gasteiger partial charge in [0, 0.05) is 6.08 Å². The van der Waals surface area contributed by atoms with Gasteiger partial charge in [-0.2, -0.15) is 14.0 Å². The maximum absolute atomic E-state index is 12.1. The van der Waals surface area contributed by atoms with E-state index in [0.29, 0.717) is 11.1 Å². The second-order valence-corrected chi connectivity index (χ2v) is 6.38. The van der Waals surface area contributed by atoms with Crippen LogP contribution in [0.25, 0.3) is 6.08 Å². The summed E-state index contributed by atoms with van der Waals surface area (Å²) < 4.78 is 33.4. The molecule has 1 N–H and O–H groups in total. The predicted octanol–water partition coefficient (Wildman–Crippen LogP) is 4.36. The lowest BCUT2D eigenvalue weighted by atomic mass is 10.1. The summed E-state index contributed by atoms with van der Waals surface area (Å²) in [5.41, 5.74) is 1.23. The number of carbonyl (C=O) groups excluding carboxylic acids is 2. The Morgan fingerprint density at radius 2 is 2.00 bits per heavy atom. The average molecular weight is 406 g/mol. The molecule has 0 aliphatic heterocycles. The molecular weight excluding hydrogens is 390 g/mol. The van der Waals surface area contributed by atoms with E-state index >= 15 is 0 Å². The summed E-state index contributed by atoms with van der Waals surface area (Å²) in [5.74, 6) is -1.06. The molecule has 0 fully saturated rings. The summed E-state index contributed by atoms with van der Waals surface area (Å²) in [6, 6.07) is 7.70. The highest BCUT2D eigenvalue weighted by molar-refractivity contribution is 7.18. The number of carbonyl (C=O) groups is 2. The van der Waals surface area contributed by atoms with E-state index in [0.717, 1.165) is 11.3 Å². The molecule has 9 heteroatoms. The number of hydrogen-bond acceptors (Lipinski definition) is 6. The Bertz CT molecular complexity index is 931. The molecule has 2 rings (SSSR count). The number of halogens is 2. The number of benzene rings is 1. The smallest absolute Gasteiger partial charge is 0.387 e. The van der Waals surface area contributed by atoms with Crippen LogP contribution >= 0.6 is 11.3 Å². The lowest BCUT2D eigenvalue weighted by Gasteiger charge is -2.03. The number of anilines is 1. The third kappa shape index (κ3) is 5.37. The number of thiophene rings is 1. The van der Waals surface area contributed by atoms with E-state index in [1.165, 1.54) is 36.4 Å². The molecule has 0 aliphatic carbocycles. The average Bonchev–Trinajstić information content (AvgIpc) is 2.96. The molecule has 146 valence electrons. The van der Waals surface area contributed by atoms with Crippen LogP contribution in [0.2, 0.25) is 0 Å². The summed E-state index contributed by atoms with van der Waals surface area (Å²) >= 11 is 0.966. The molecule has 1 aromatic carbocycles. The minimum atomic E-state index is -2.91. The Kier molecular flexibility index (Phi) is 7.23. The first-order valence-corrected chi connectivity index (χ1v) is 8.91. The van der Waals surface area contributed by atoms with Crippen LogP contribution in [0.1, 0.15) is 33.3 Å². The molecule has 1 heterocycles. The van der Waals surface area contributed by atoms with Crippen molar-refractivity contribution < 1.29 is 27.8 Å². The van der Waals surface area contributed by atoms with Gasteiger partial charge in [0.05, 0.1) is 12.2 Å². The largest absolute Gasteiger partial charge is 0.462 e. The van der Waals surface area contributed by atoms with Gasteiger partial charge >= 0.3 is 12.6 Å². The van der Waals surface area contributed by atoms with Gasteiger partial charge in [-0.1, -0.05) is 12.1 Å².